The van der Waals surface area contributed by atoms with E-state index in [1.165, 1.54) is 0 Å². The third-order valence-corrected chi connectivity index (χ3v) is 2.24. The molecule has 4 heteroatoms. The van der Waals surface area contributed by atoms with Gasteiger partial charge in [-0.1, -0.05) is 0 Å². The summed E-state index contributed by atoms with van der Waals surface area (Å²) >= 11 is 5.72. The number of hydrogen-bond donors (Lipinski definition) is 0. The topological polar surface area (TPSA) is 35.0 Å². The third kappa shape index (κ3) is 3.24. The number of halogens is 1. The predicted molar refractivity (Wildman–Crippen MR) is 56.5 cm³/mol. The zero-order valence-electron chi connectivity index (χ0n) is 8.75. The minimum Gasteiger partial charge on any atom is -0.381 e. The van der Waals surface area contributed by atoms with Crippen LogP contribution >= 0.6 is 11.6 Å². The third-order valence-electron chi connectivity index (χ3n) is 1.96. The highest BCUT2D eigenvalue weighted by molar-refractivity contribution is 6.16. The van der Waals surface area contributed by atoms with Gasteiger partial charge in [0.25, 0.3) is 0 Å². The molecule has 0 amide bonds. The SMILES string of the molecule is COC(C)Cc1nc(C)cc(CCl)n1. The van der Waals surface area contributed by atoms with Crippen LogP contribution in [-0.2, 0) is 17.0 Å². The van der Waals surface area contributed by atoms with Crippen molar-refractivity contribution in [3.63, 3.8) is 0 Å². The van der Waals surface area contributed by atoms with Crippen LogP contribution in [0.25, 0.3) is 0 Å². The van der Waals surface area contributed by atoms with Crippen LogP contribution in [0.4, 0.5) is 0 Å². The Hall–Kier alpha value is -0.670. The van der Waals surface area contributed by atoms with Crippen molar-refractivity contribution in [1.29, 1.82) is 0 Å². The zero-order valence-corrected chi connectivity index (χ0v) is 9.51. The van der Waals surface area contributed by atoms with Gasteiger partial charge in [-0.2, -0.15) is 0 Å². The van der Waals surface area contributed by atoms with Crippen LogP contribution in [0.2, 0.25) is 0 Å². The number of aryl methyl sites for hydroxylation is 1. The second kappa shape index (κ2) is 5.27. The van der Waals surface area contributed by atoms with Crippen molar-refractivity contribution < 1.29 is 4.74 Å². The van der Waals surface area contributed by atoms with Crippen LogP contribution in [0.1, 0.15) is 24.1 Å². The molecule has 1 aromatic rings. The molecule has 0 bridgehead atoms. The summed E-state index contributed by atoms with van der Waals surface area (Å²) in [4.78, 5) is 8.64. The quantitative estimate of drug-likeness (QED) is 0.720. The van der Waals surface area contributed by atoms with Crippen LogP contribution in [0.15, 0.2) is 6.07 Å². The molecule has 0 spiro atoms. The van der Waals surface area contributed by atoms with Crippen LogP contribution < -0.4 is 0 Å². The molecule has 0 aliphatic heterocycles. The fraction of sp³-hybridized carbons (Fsp3) is 0.600. The molecule has 78 valence electrons. The summed E-state index contributed by atoms with van der Waals surface area (Å²) in [6.07, 6.45) is 0.863. The first-order valence-corrected chi connectivity index (χ1v) is 5.11. The lowest BCUT2D eigenvalue weighted by Gasteiger charge is -2.09. The molecule has 0 saturated heterocycles. The number of alkyl halides is 1. The van der Waals surface area contributed by atoms with Gasteiger partial charge in [0.1, 0.15) is 5.82 Å². The lowest BCUT2D eigenvalue weighted by atomic mass is 10.2. The Kier molecular flexibility index (Phi) is 4.29. The van der Waals surface area contributed by atoms with E-state index in [-0.39, 0.29) is 6.10 Å². The summed E-state index contributed by atoms with van der Waals surface area (Å²) in [7, 11) is 1.68. The Morgan fingerprint density at radius 2 is 2.21 bits per heavy atom. The van der Waals surface area contributed by atoms with E-state index in [2.05, 4.69) is 9.97 Å². The molecule has 0 aliphatic carbocycles. The second-order valence-corrected chi connectivity index (χ2v) is 3.57. The zero-order chi connectivity index (χ0) is 10.6. The van der Waals surface area contributed by atoms with Crippen LogP contribution in [0.3, 0.4) is 0 Å². The minimum absolute atomic E-state index is 0.139. The second-order valence-electron chi connectivity index (χ2n) is 3.30. The Bertz CT molecular complexity index is 304. The summed E-state index contributed by atoms with van der Waals surface area (Å²) < 4.78 is 5.15. The first kappa shape index (κ1) is 11.4. The molecule has 3 nitrogen and oxygen atoms in total. The van der Waals surface area contributed by atoms with Crippen molar-refractivity contribution in [1.82, 2.24) is 9.97 Å². The summed E-state index contributed by atoms with van der Waals surface area (Å²) in [6, 6.07) is 1.90. The van der Waals surface area contributed by atoms with Gasteiger partial charge in [0.05, 0.1) is 17.7 Å². The van der Waals surface area contributed by atoms with E-state index in [0.29, 0.717) is 5.88 Å². The number of ether oxygens (including phenoxy) is 1. The van der Waals surface area contributed by atoms with Gasteiger partial charge in [-0.15, -0.1) is 11.6 Å². The molecule has 1 heterocycles. The highest BCUT2D eigenvalue weighted by Crippen LogP contribution is 2.06. The average Bonchev–Trinajstić information content (AvgIpc) is 2.16. The largest absolute Gasteiger partial charge is 0.381 e. The van der Waals surface area contributed by atoms with Gasteiger partial charge in [0, 0.05) is 19.2 Å². The number of hydrogen-bond acceptors (Lipinski definition) is 3. The Morgan fingerprint density at radius 1 is 1.50 bits per heavy atom. The van der Waals surface area contributed by atoms with E-state index in [0.717, 1.165) is 23.6 Å². The van der Waals surface area contributed by atoms with Crippen molar-refractivity contribution in [3.05, 3.63) is 23.3 Å². The van der Waals surface area contributed by atoms with Crippen molar-refractivity contribution in [2.24, 2.45) is 0 Å². The van der Waals surface area contributed by atoms with E-state index in [1.807, 2.05) is 19.9 Å². The molecule has 1 unspecified atom stereocenters. The maximum atomic E-state index is 5.72. The molecule has 0 fully saturated rings. The first-order valence-electron chi connectivity index (χ1n) is 4.58. The maximum absolute atomic E-state index is 5.72. The monoisotopic (exact) mass is 214 g/mol. The van der Waals surface area contributed by atoms with Crippen LogP contribution in [0, 0.1) is 6.92 Å². The smallest absolute Gasteiger partial charge is 0.131 e. The number of aromatic nitrogens is 2. The van der Waals surface area contributed by atoms with Crippen molar-refractivity contribution >= 4 is 11.6 Å². The Labute approximate surface area is 89.5 Å². The van der Waals surface area contributed by atoms with Crippen LogP contribution in [-0.4, -0.2) is 23.2 Å². The maximum Gasteiger partial charge on any atom is 0.131 e. The summed E-state index contributed by atoms with van der Waals surface area (Å²) in [5.74, 6) is 1.23. The number of nitrogens with zero attached hydrogens (tertiary/aromatic N) is 2. The highest BCUT2D eigenvalue weighted by Gasteiger charge is 2.06. The molecule has 1 rings (SSSR count). The van der Waals surface area contributed by atoms with E-state index >= 15 is 0 Å². The van der Waals surface area contributed by atoms with E-state index < -0.39 is 0 Å². The van der Waals surface area contributed by atoms with Gasteiger partial charge >= 0.3 is 0 Å². The highest BCUT2D eigenvalue weighted by atomic mass is 35.5. The fourth-order valence-corrected chi connectivity index (χ4v) is 1.34. The normalized spacial score (nSPS) is 12.9. The predicted octanol–water partition coefficient (Wildman–Crippen LogP) is 2.10. The Morgan fingerprint density at radius 3 is 2.79 bits per heavy atom. The number of methoxy groups -OCH3 is 1. The summed E-state index contributed by atoms with van der Waals surface area (Å²) in [6.45, 7) is 3.94. The molecule has 0 radical (unpaired) electrons. The standard InChI is InChI=1S/C10H15ClN2O/c1-7-4-9(6-11)13-10(12-7)5-8(2)14-3/h4,8H,5-6H2,1-3H3. The summed E-state index contributed by atoms with van der Waals surface area (Å²) in [5.41, 5.74) is 1.83. The first-order chi connectivity index (χ1) is 6.65. The Balaban J connectivity index is 2.81. The fourth-order valence-electron chi connectivity index (χ4n) is 1.20. The molecule has 14 heavy (non-hydrogen) atoms. The molecule has 0 aromatic carbocycles. The average molecular weight is 215 g/mol. The van der Waals surface area contributed by atoms with E-state index in [1.54, 1.807) is 7.11 Å². The lowest BCUT2D eigenvalue weighted by Crippen LogP contribution is -2.12. The molecule has 1 atom stereocenters. The molecule has 0 N–H and O–H groups in total. The van der Waals surface area contributed by atoms with E-state index in [9.17, 15) is 0 Å². The van der Waals surface area contributed by atoms with Gasteiger partial charge in [0.15, 0.2) is 0 Å². The van der Waals surface area contributed by atoms with Gasteiger partial charge in [-0.3, -0.25) is 0 Å². The molecular formula is C10H15ClN2O. The molecular weight excluding hydrogens is 200 g/mol. The minimum atomic E-state index is 0.139. The van der Waals surface area contributed by atoms with Gasteiger partial charge in [0.2, 0.25) is 0 Å². The van der Waals surface area contributed by atoms with Crippen LogP contribution in [0.5, 0.6) is 0 Å². The van der Waals surface area contributed by atoms with Crippen molar-refractivity contribution in [2.75, 3.05) is 7.11 Å². The molecule has 0 saturated carbocycles. The van der Waals surface area contributed by atoms with Crippen molar-refractivity contribution in [2.45, 2.75) is 32.3 Å². The molecule has 0 aliphatic rings. The van der Waals surface area contributed by atoms with E-state index in [4.69, 9.17) is 16.3 Å². The molecule has 1 aromatic heterocycles. The van der Waals surface area contributed by atoms with Gasteiger partial charge in [-0.05, 0) is 19.9 Å². The van der Waals surface area contributed by atoms with Gasteiger partial charge in [-0.25, -0.2) is 9.97 Å². The number of rotatable bonds is 4. The van der Waals surface area contributed by atoms with Gasteiger partial charge < -0.3 is 4.74 Å². The van der Waals surface area contributed by atoms with Crippen molar-refractivity contribution in [3.8, 4) is 0 Å². The summed E-state index contributed by atoms with van der Waals surface area (Å²) in [5, 5.41) is 0. The lowest BCUT2D eigenvalue weighted by molar-refractivity contribution is 0.117.